The average Bonchev–Trinajstić information content (AvgIpc) is 3.31. The highest BCUT2D eigenvalue weighted by atomic mass is 16.6. The first kappa shape index (κ1) is 61.8. The molecule has 0 aromatic rings. The first-order valence-electron chi connectivity index (χ1n) is 26.6. The third-order valence-electron chi connectivity index (χ3n) is 10.8. The molecule has 66 heavy (non-hydrogen) atoms. The maximum atomic E-state index is 12.8. The zero-order valence-corrected chi connectivity index (χ0v) is 42.4. The number of carbonyl (C=O) groups excluding carboxylic acids is 3. The zero-order valence-electron chi connectivity index (χ0n) is 42.4. The lowest BCUT2D eigenvalue weighted by atomic mass is 10.1. The van der Waals surface area contributed by atoms with Crippen LogP contribution in [0.4, 0.5) is 0 Å². The number of allylic oxidation sites excluding steroid dienone is 20. The SMILES string of the molecule is CC/C=C\C/C=C\CCCCCCCC(=O)OCC(COC(=O)CCCCCCC\C=C/C=C\C=C/C=C\C=C/CCC)OC(=O)CCCCCCC\C=C/C=C\C=C/CCCCCCC. The number of esters is 3. The fraction of sp³-hybridized carbons (Fsp3) is 0.617. The summed E-state index contributed by atoms with van der Waals surface area (Å²) in [6.07, 6.45) is 73.1. The number of hydrogen-bond acceptors (Lipinski definition) is 6. The van der Waals surface area contributed by atoms with E-state index in [9.17, 15) is 14.4 Å². The van der Waals surface area contributed by atoms with Crippen LogP contribution in [0.3, 0.4) is 0 Å². The summed E-state index contributed by atoms with van der Waals surface area (Å²) >= 11 is 0. The van der Waals surface area contributed by atoms with Gasteiger partial charge in [0.2, 0.25) is 0 Å². The smallest absolute Gasteiger partial charge is 0.306 e. The van der Waals surface area contributed by atoms with Gasteiger partial charge < -0.3 is 14.2 Å². The molecule has 0 radical (unpaired) electrons. The molecule has 1 unspecified atom stereocenters. The number of carbonyl (C=O) groups is 3. The van der Waals surface area contributed by atoms with E-state index in [-0.39, 0.29) is 31.1 Å². The summed E-state index contributed by atoms with van der Waals surface area (Å²) < 4.78 is 16.8. The standard InChI is InChI=1S/C60H96O6/c1-4-7-10-13-16-19-22-25-27-29-31-33-35-38-41-44-47-50-53-59(62)65-56-57(55-64-58(61)52-49-46-43-40-37-24-21-18-15-12-9-6-3)66-60(63)54-51-48-45-42-39-36-34-32-30-28-26-23-20-17-14-11-8-5-2/h9-10,12-13,16,18-19,21-23,25-34,57H,4-8,11,14-15,17,20,24,35-56H2,1-3H3/b12-9-,13-10-,19-16-,21-18-,25-22-,26-23-,29-27-,30-28-,33-31-,34-32-. The normalized spacial score (nSPS) is 13.1. The van der Waals surface area contributed by atoms with E-state index in [0.29, 0.717) is 19.3 Å². The van der Waals surface area contributed by atoms with Crippen LogP contribution in [0.1, 0.15) is 220 Å². The predicted molar refractivity (Wildman–Crippen MR) is 283 cm³/mol. The average molecular weight is 913 g/mol. The van der Waals surface area contributed by atoms with Crippen molar-refractivity contribution in [3.8, 4) is 0 Å². The van der Waals surface area contributed by atoms with E-state index in [4.69, 9.17) is 14.2 Å². The second kappa shape index (κ2) is 53.4. The van der Waals surface area contributed by atoms with E-state index < -0.39 is 6.10 Å². The fourth-order valence-electron chi connectivity index (χ4n) is 6.86. The second-order valence-electron chi connectivity index (χ2n) is 17.2. The predicted octanol–water partition coefficient (Wildman–Crippen LogP) is 17.7. The molecule has 0 saturated heterocycles. The van der Waals surface area contributed by atoms with Crippen molar-refractivity contribution in [2.45, 2.75) is 226 Å². The van der Waals surface area contributed by atoms with Crippen LogP contribution in [0.15, 0.2) is 122 Å². The van der Waals surface area contributed by atoms with E-state index in [1.807, 2.05) is 30.4 Å². The Kier molecular flexibility index (Phi) is 50.0. The third-order valence-corrected chi connectivity index (χ3v) is 10.8. The molecule has 6 nitrogen and oxygen atoms in total. The number of ether oxygens (including phenoxy) is 3. The Bertz CT molecular complexity index is 1420. The minimum Gasteiger partial charge on any atom is -0.462 e. The first-order chi connectivity index (χ1) is 32.5. The Morgan fingerprint density at radius 3 is 1.11 bits per heavy atom. The van der Waals surface area contributed by atoms with Gasteiger partial charge in [0.05, 0.1) is 0 Å². The minimum atomic E-state index is -0.809. The highest BCUT2D eigenvalue weighted by Crippen LogP contribution is 2.13. The molecule has 0 aliphatic rings. The molecule has 0 N–H and O–H groups in total. The van der Waals surface area contributed by atoms with Gasteiger partial charge in [-0.15, -0.1) is 0 Å². The lowest BCUT2D eigenvalue weighted by molar-refractivity contribution is -0.167. The summed E-state index contributed by atoms with van der Waals surface area (Å²) in [5.74, 6) is -0.971. The minimum absolute atomic E-state index is 0.106. The molecule has 0 aromatic heterocycles. The van der Waals surface area contributed by atoms with Crippen molar-refractivity contribution in [3.63, 3.8) is 0 Å². The maximum Gasteiger partial charge on any atom is 0.306 e. The van der Waals surface area contributed by atoms with Crippen LogP contribution >= 0.6 is 0 Å². The van der Waals surface area contributed by atoms with Crippen LogP contribution in [-0.2, 0) is 28.6 Å². The maximum absolute atomic E-state index is 12.8. The molecule has 0 aliphatic heterocycles. The monoisotopic (exact) mass is 913 g/mol. The molecule has 0 aromatic carbocycles. The van der Waals surface area contributed by atoms with Crippen LogP contribution in [0.5, 0.6) is 0 Å². The summed E-state index contributed by atoms with van der Waals surface area (Å²) in [5.41, 5.74) is 0. The Balaban J connectivity index is 4.51. The van der Waals surface area contributed by atoms with Crippen molar-refractivity contribution in [1.82, 2.24) is 0 Å². The van der Waals surface area contributed by atoms with Crippen LogP contribution < -0.4 is 0 Å². The molecule has 0 spiro atoms. The summed E-state index contributed by atoms with van der Waals surface area (Å²) in [4.78, 5) is 38.0. The van der Waals surface area contributed by atoms with Crippen LogP contribution in [0.2, 0.25) is 0 Å². The van der Waals surface area contributed by atoms with Gasteiger partial charge in [-0.1, -0.05) is 232 Å². The lowest BCUT2D eigenvalue weighted by Gasteiger charge is -2.18. The van der Waals surface area contributed by atoms with Crippen molar-refractivity contribution >= 4 is 17.9 Å². The van der Waals surface area contributed by atoms with Gasteiger partial charge in [-0.3, -0.25) is 14.4 Å². The van der Waals surface area contributed by atoms with Crippen molar-refractivity contribution < 1.29 is 28.6 Å². The van der Waals surface area contributed by atoms with Crippen molar-refractivity contribution in [3.05, 3.63) is 122 Å². The first-order valence-corrected chi connectivity index (χ1v) is 26.6. The Morgan fingerprint density at radius 1 is 0.333 bits per heavy atom. The van der Waals surface area contributed by atoms with Gasteiger partial charge in [0.25, 0.3) is 0 Å². The third kappa shape index (κ3) is 50.8. The molecular weight excluding hydrogens is 817 g/mol. The summed E-state index contributed by atoms with van der Waals surface area (Å²) in [5, 5.41) is 0. The molecule has 0 aliphatic carbocycles. The summed E-state index contributed by atoms with van der Waals surface area (Å²) in [7, 11) is 0. The molecule has 0 bridgehead atoms. The van der Waals surface area contributed by atoms with Crippen molar-refractivity contribution in [2.75, 3.05) is 13.2 Å². The molecule has 0 saturated carbocycles. The fourth-order valence-corrected chi connectivity index (χ4v) is 6.86. The van der Waals surface area contributed by atoms with Gasteiger partial charge >= 0.3 is 17.9 Å². The van der Waals surface area contributed by atoms with E-state index in [2.05, 4.69) is 112 Å². The molecule has 0 fully saturated rings. The van der Waals surface area contributed by atoms with E-state index in [1.165, 1.54) is 38.5 Å². The van der Waals surface area contributed by atoms with Gasteiger partial charge in [0, 0.05) is 19.3 Å². The number of hydrogen-bond donors (Lipinski definition) is 0. The van der Waals surface area contributed by atoms with E-state index >= 15 is 0 Å². The Labute approximate surface area is 405 Å². The number of unbranched alkanes of at least 4 members (excludes halogenated alkanes) is 21. The van der Waals surface area contributed by atoms with Gasteiger partial charge in [-0.2, -0.15) is 0 Å². The van der Waals surface area contributed by atoms with Gasteiger partial charge in [0.15, 0.2) is 6.10 Å². The van der Waals surface area contributed by atoms with Crippen LogP contribution in [0.25, 0.3) is 0 Å². The molecule has 0 heterocycles. The van der Waals surface area contributed by atoms with Crippen molar-refractivity contribution in [2.24, 2.45) is 0 Å². The van der Waals surface area contributed by atoms with Crippen LogP contribution in [-0.4, -0.2) is 37.2 Å². The number of rotatable bonds is 46. The van der Waals surface area contributed by atoms with E-state index in [1.54, 1.807) is 0 Å². The van der Waals surface area contributed by atoms with E-state index in [0.717, 1.165) is 141 Å². The topological polar surface area (TPSA) is 78.9 Å². The second-order valence-corrected chi connectivity index (χ2v) is 17.2. The zero-order chi connectivity index (χ0) is 47.9. The molecule has 1 atom stereocenters. The summed E-state index contributed by atoms with van der Waals surface area (Å²) in [6, 6.07) is 0. The summed E-state index contributed by atoms with van der Waals surface area (Å²) in [6.45, 7) is 6.36. The quantitative estimate of drug-likeness (QED) is 0.0199. The van der Waals surface area contributed by atoms with Crippen molar-refractivity contribution in [1.29, 1.82) is 0 Å². The van der Waals surface area contributed by atoms with Gasteiger partial charge in [-0.05, 0) is 89.9 Å². The Hall–Kier alpha value is -4.19. The molecule has 372 valence electrons. The highest BCUT2D eigenvalue weighted by Gasteiger charge is 2.19. The van der Waals surface area contributed by atoms with Gasteiger partial charge in [-0.25, -0.2) is 0 Å². The molecular formula is C60H96O6. The van der Waals surface area contributed by atoms with Crippen LogP contribution in [0, 0.1) is 0 Å². The van der Waals surface area contributed by atoms with Gasteiger partial charge in [0.1, 0.15) is 13.2 Å². The molecule has 0 rings (SSSR count). The molecule has 6 heteroatoms. The lowest BCUT2D eigenvalue weighted by Crippen LogP contribution is -2.30. The highest BCUT2D eigenvalue weighted by molar-refractivity contribution is 5.71. The Morgan fingerprint density at radius 2 is 0.682 bits per heavy atom. The molecule has 0 amide bonds. The largest absolute Gasteiger partial charge is 0.462 e.